The molecule has 16 heavy (non-hydrogen) atoms. The van der Waals surface area contributed by atoms with Crippen LogP contribution in [-0.2, 0) is 4.79 Å². The molecule has 1 unspecified atom stereocenters. The SMILES string of the molecule is O=C(CC1CCCNC1)N(CCO)CCO. The highest BCUT2D eigenvalue weighted by molar-refractivity contribution is 5.76. The summed E-state index contributed by atoms with van der Waals surface area (Å²) in [7, 11) is 0. The standard InChI is InChI=1S/C11H22N2O3/c14-6-4-13(5-7-15)11(16)8-10-2-1-3-12-9-10/h10,12,14-15H,1-9H2. The van der Waals surface area contributed by atoms with E-state index in [0.29, 0.717) is 25.4 Å². The van der Waals surface area contributed by atoms with Crippen LogP contribution < -0.4 is 5.32 Å². The van der Waals surface area contributed by atoms with Gasteiger partial charge >= 0.3 is 0 Å². The van der Waals surface area contributed by atoms with Gasteiger partial charge in [0, 0.05) is 19.5 Å². The Morgan fingerprint density at radius 2 is 2.00 bits per heavy atom. The summed E-state index contributed by atoms with van der Waals surface area (Å²) >= 11 is 0. The van der Waals surface area contributed by atoms with E-state index in [0.717, 1.165) is 25.9 Å². The fraction of sp³-hybridized carbons (Fsp3) is 0.909. The summed E-state index contributed by atoms with van der Waals surface area (Å²) in [5.74, 6) is 0.443. The molecule has 0 bridgehead atoms. The van der Waals surface area contributed by atoms with Gasteiger partial charge in [0.1, 0.15) is 0 Å². The number of nitrogens with zero attached hydrogens (tertiary/aromatic N) is 1. The summed E-state index contributed by atoms with van der Waals surface area (Å²) < 4.78 is 0. The van der Waals surface area contributed by atoms with E-state index in [9.17, 15) is 4.79 Å². The number of aliphatic hydroxyl groups excluding tert-OH is 2. The minimum Gasteiger partial charge on any atom is -0.395 e. The molecular formula is C11H22N2O3. The molecule has 1 atom stereocenters. The van der Waals surface area contributed by atoms with Crippen molar-refractivity contribution < 1.29 is 15.0 Å². The molecule has 0 aliphatic carbocycles. The number of carbonyl (C=O) groups is 1. The first-order valence-corrected chi connectivity index (χ1v) is 5.98. The summed E-state index contributed by atoms with van der Waals surface area (Å²) in [5.41, 5.74) is 0. The first kappa shape index (κ1) is 13.4. The number of piperidine rings is 1. The monoisotopic (exact) mass is 230 g/mol. The van der Waals surface area contributed by atoms with E-state index in [1.165, 1.54) is 4.90 Å². The first-order valence-electron chi connectivity index (χ1n) is 5.98. The van der Waals surface area contributed by atoms with Crippen LogP contribution in [0.15, 0.2) is 0 Å². The molecule has 0 aromatic carbocycles. The minimum atomic E-state index is -0.0470. The van der Waals surface area contributed by atoms with Gasteiger partial charge in [-0.05, 0) is 31.8 Å². The van der Waals surface area contributed by atoms with E-state index in [1.807, 2.05) is 0 Å². The number of aliphatic hydroxyl groups is 2. The lowest BCUT2D eigenvalue weighted by atomic mass is 9.95. The van der Waals surface area contributed by atoms with Crippen molar-refractivity contribution in [3.63, 3.8) is 0 Å². The predicted octanol–water partition coefficient (Wildman–Crippen LogP) is -0.811. The quantitative estimate of drug-likeness (QED) is 0.558. The normalized spacial score (nSPS) is 20.8. The van der Waals surface area contributed by atoms with Gasteiger partial charge in [-0.3, -0.25) is 4.79 Å². The van der Waals surface area contributed by atoms with Crippen molar-refractivity contribution in [2.75, 3.05) is 39.4 Å². The highest BCUT2D eigenvalue weighted by Gasteiger charge is 2.20. The number of carbonyl (C=O) groups excluding carboxylic acids is 1. The van der Waals surface area contributed by atoms with E-state index in [4.69, 9.17) is 10.2 Å². The number of nitrogens with one attached hydrogen (secondary N) is 1. The maximum absolute atomic E-state index is 11.9. The van der Waals surface area contributed by atoms with E-state index in [2.05, 4.69) is 5.32 Å². The largest absolute Gasteiger partial charge is 0.395 e. The fourth-order valence-electron chi connectivity index (χ4n) is 2.08. The van der Waals surface area contributed by atoms with Crippen molar-refractivity contribution in [2.24, 2.45) is 5.92 Å². The third-order valence-corrected chi connectivity index (χ3v) is 2.95. The van der Waals surface area contributed by atoms with Gasteiger partial charge in [0.25, 0.3) is 0 Å². The van der Waals surface area contributed by atoms with Crippen molar-refractivity contribution in [2.45, 2.75) is 19.3 Å². The maximum Gasteiger partial charge on any atom is 0.223 e. The Kier molecular flexibility index (Phi) is 6.37. The van der Waals surface area contributed by atoms with Crippen LogP contribution in [-0.4, -0.2) is 60.4 Å². The zero-order chi connectivity index (χ0) is 11.8. The van der Waals surface area contributed by atoms with Gasteiger partial charge in [-0.25, -0.2) is 0 Å². The smallest absolute Gasteiger partial charge is 0.223 e. The Bertz CT molecular complexity index is 199. The minimum absolute atomic E-state index is 0.0387. The lowest BCUT2D eigenvalue weighted by molar-refractivity contribution is -0.133. The highest BCUT2D eigenvalue weighted by atomic mass is 16.3. The molecule has 1 aliphatic rings. The third kappa shape index (κ3) is 4.47. The summed E-state index contributed by atoms with van der Waals surface area (Å²) in [6.45, 7) is 2.49. The fourth-order valence-corrected chi connectivity index (χ4v) is 2.08. The Morgan fingerprint density at radius 3 is 2.50 bits per heavy atom. The average molecular weight is 230 g/mol. The van der Waals surface area contributed by atoms with E-state index >= 15 is 0 Å². The molecule has 0 aromatic rings. The molecule has 0 radical (unpaired) electrons. The molecule has 5 heteroatoms. The van der Waals surface area contributed by atoms with Gasteiger partial charge < -0.3 is 20.4 Å². The van der Waals surface area contributed by atoms with Crippen LogP contribution in [0.5, 0.6) is 0 Å². The second-order valence-electron chi connectivity index (χ2n) is 4.24. The summed E-state index contributed by atoms with van der Waals surface area (Å²) in [4.78, 5) is 13.4. The number of hydrogen-bond donors (Lipinski definition) is 3. The summed E-state index contributed by atoms with van der Waals surface area (Å²) in [6.07, 6.45) is 2.73. The molecule has 5 nitrogen and oxygen atoms in total. The van der Waals surface area contributed by atoms with Crippen LogP contribution in [0.2, 0.25) is 0 Å². The lowest BCUT2D eigenvalue weighted by Gasteiger charge is -2.26. The van der Waals surface area contributed by atoms with Crippen LogP contribution >= 0.6 is 0 Å². The van der Waals surface area contributed by atoms with Crippen LogP contribution in [0, 0.1) is 5.92 Å². The van der Waals surface area contributed by atoms with Crippen LogP contribution in [0.4, 0.5) is 0 Å². The topological polar surface area (TPSA) is 72.8 Å². The molecule has 1 fully saturated rings. The van der Waals surface area contributed by atoms with Gasteiger partial charge in [0.05, 0.1) is 13.2 Å². The van der Waals surface area contributed by atoms with Crippen molar-refractivity contribution in [3.05, 3.63) is 0 Å². The zero-order valence-electron chi connectivity index (χ0n) is 9.69. The molecule has 1 saturated heterocycles. The van der Waals surface area contributed by atoms with E-state index < -0.39 is 0 Å². The van der Waals surface area contributed by atoms with Crippen molar-refractivity contribution in [3.8, 4) is 0 Å². The van der Waals surface area contributed by atoms with Gasteiger partial charge in [-0.15, -0.1) is 0 Å². The Labute approximate surface area is 96.4 Å². The van der Waals surface area contributed by atoms with Crippen LogP contribution in [0.3, 0.4) is 0 Å². The van der Waals surface area contributed by atoms with Crippen LogP contribution in [0.25, 0.3) is 0 Å². The highest BCUT2D eigenvalue weighted by Crippen LogP contribution is 2.15. The van der Waals surface area contributed by atoms with Crippen molar-refractivity contribution in [1.29, 1.82) is 0 Å². The Hall–Kier alpha value is -0.650. The van der Waals surface area contributed by atoms with Gasteiger partial charge in [0.15, 0.2) is 0 Å². The molecule has 1 aliphatic heterocycles. The van der Waals surface area contributed by atoms with E-state index in [1.54, 1.807) is 0 Å². The molecule has 0 saturated carbocycles. The number of hydrogen-bond acceptors (Lipinski definition) is 4. The summed E-state index contributed by atoms with van der Waals surface area (Å²) in [6, 6.07) is 0. The zero-order valence-corrected chi connectivity index (χ0v) is 9.69. The second-order valence-corrected chi connectivity index (χ2v) is 4.24. The van der Waals surface area contributed by atoms with Crippen molar-refractivity contribution in [1.82, 2.24) is 10.2 Å². The Morgan fingerprint density at radius 1 is 1.31 bits per heavy atom. The maximum atomic E-state index is 11.9. The number of rotatable bonds is 6. The molecule has 0 spiro atoms. The molecule has 1 amide bonds. The molecular weight excluding hydrogens is 208 g/mol. The predicted molar refractivity (Wildman–Crippen MR) is 61.0 cm³/mol. The van der Waals surface area contributed by atoms with Gasteiger partial charge in [-0.1, -0.05) is 0 Å². The van der Waals surface area contributed by atoms with Crippen LogP contribution in [0.1, 0.15) is 19.3 Å². The second kappa shape index (κ2) is 7.60. The molecule has 1 rings (SSSR count). The third-order valence-electron chi connectivity index (χ3n) is 2.95. The lowest BCUT2D eigenvalue weighted by Crippen LogP contribution is -2.39. The van der Waals surface area contributed by atoms with Gasteiger partial charge in [-0.2, -0.15) is 0 Å². The molecule has 0 aromatic heterocycles. The number of amides is 1. The molecule has 1 heterocycles. The molecule has 94 valence electrons. The Balaban J connectivity index is 2.34. The van der Waals surface area contributed by atoms with Crippen molar-refractivity contribution >= 4 is 5.91 Å². The molecule has 3 N–H and O–H groups in total. The van der Waals surface area contributed by atoms with E-state index in [-0.39, 0.29) is 19.1 Å². The first-order chi connectivity index (χ1) is 7.77. The average Bonchev–Trinajstić information content (AvgIpc) is 2.30. The van der Waals surface area contributed by atoms with Gasteiger partial charge in [0.2, 0.25) is 5.91 Å². The summed E-state index contributed by atoms with van der Waals surface area (Å²) in [5, 5.41) is 20.9.